The summed E-state index contributed by atoms with van der Waals surface area (Å²) in [4.78, 5) is 24.2. The smallest absolute Gasteiger partial charge is 0.335 e. The molecule has 0 bridgehead atoms. The molecule has 0 atom stereocenters. The molecular weight excluding hydrogens is 372 g/mol. The molecule has 2 aromatic carbocycles. The molecule has 0 aliphatic rings. The average Bonchev–Trinajstić information content (AvgIpc) is 2.74. The topological polar surface area (TPSA) is 86.0 Å². The van der Waals surface area contributed by atoms with E-state index in [0.717, 1.165) is 18.4 Å². The van der Waals surface area contributed by atoms with Crippen LogP contribution in [0.25, 0.3) is 23.1 Å². The Morgan fingerprint density at radius 3 is 2.72 bits per heavy atom. The second-order valence-electron chi connectivity index (χ2n) is 6.45. The van der Waals surface area contributed by atoms with E-state index in [0.29, 0.717) is 17.9 Å². The molecule has 0 spiro atoms. The minimum atomic E-state index is -1.11. The van der Waals surface area contributed by atoms with Crippen molar-refractivity contribution in [2.45, 2.75) is 19.8 Å². The highest BCUT2D eigenvalue weighted by Gasteiger charge is 2.16. The Kier molecular flexibility index (Phi) is 6.34. The van der Waals surface area contributed by atoms with Crippen molar-refractivity contribution in [2.75, 3.05) is 13.7 Å². The molecule has 3 rings (SSSR count). The van der Waals surface area contributed by atoms with Crippen LogP contribution in [0.15, 0.2) is 51.7 Å². The second-order valence-corrected chi connectivity index (χ2v) is 6.45. The Labute approximate surface area is 168 Å². The molecule has 0 amide bonds. The SMILES string of the molecule is CCCCOc1c(C=Cc2cccc(OC)c2)oc2ccc(C(=O)O)cc2c1=O. The minimum absolute atomic E-state index is 0.0176. The largest absolute Gasteiger partial charge is 0.497 e. The monoisotopic (exact) mass is 394 g/mol. The van der Waals surface area contributed by atoms with Gasteiger partial charge in [-0.05, 0) is 48.4 Å². The molecule has 0 radical (unpaired) electrons. The Bertz CT molecular complexity index is 1110. The molecular formula is C23H22O6. The zero-order chi connectivity index (χ0) is 20.8. The summed E-state index contributed by atoms with van der Waals surface area (Å²) in [7, 11) is 1.59. The number of benzene rings is 2. The van der Waals surface area contributed by atoms with E-state index in [-0.39, 0.29) is 22.5 Å². The molecule has 0 aliphatic carbocycles. The van der Waals surface area contributed by atoms with Crippen molar-refractivity contribution in [1.29, 1.82) is 0 Å². The van der Waals surface area contributed by atoms with Crippen molar-refractivity contribution >= 4 is 29.1 Å². The molecule has 1 heterocycles. The molecule has 0 unspecified atom stereocenters. The number of rotatable bonds is 8. The summed E-state index contributed by atoms with van der Waals surface area (Å²) in [5.41, 5.74) is 0.792. The first-order valence-corrected chi connectivity index (χ1v) is 9.32. The zero-order valence-electron chi connectivity index (χ0n) is 16.3. The summed E-state index contributed by atoms with van der Waals surface area (Å²) in [5.74, 6) is -0.0355. The number of hydrogen-bond acceptors (Lipinski definition) is 5. The zero-order valence-corrected chi connectivity index (χ0v) is 16.3. The van der Waals surface area contributed by atoms with Crippen LogP contribution in [0.3, 0.4) is 0 Å². The minimum Gasteiger partial charge on any atom is -0.497 e. The standard InChI is InChI=1S/C23H22O6/c1-3-4-12-28-22-20(10-8-15-6-5-7-17(13-15)27-2)29-19-11-9-16(23(25)26)14-18(19)21(22)24/h5-11,13-14H,3-4,12H2,1-2H3,(H,25,26). The number of carboxylic acids is 1. The average molecular weight is 394 g/mol. The van der Waals surface area contributed by atoms with Crippen LogP contribution in [0.4, 0.5) is 0 Å². The summed E-state index contributed by atoms with van der Waals surface area (Å²) >= 11 is 0. The fourth-order valence-electron chi connectivity index (χ4n) is 2.81. The van der Waals surface area contributed by atoms with Gasteiger partial charge in [0.2, 0.25) is 11.2 Å². The Hall–Kier alpha value is -3.54. The first-order valence-electron chi connectivity index (χ1n) is 9.32. The summed E-state index contributed by atoms with van der Waals surface area (Å²) in [6, 6.07) is 11.7. The molecule has 29 heavy (non-hydrogen) atoms. The molecule has 0 saturated heterocycles. The highest BCUT2D eigenvalue weighted by atomic mass is 16.5. The van der Waals surface area contributed by atoms with Crippen LogP contribution >= 0.6 is 0 Å². The van der Waals surface area contributed by atoms with Gasteiger partial charge < -0.3 is 19.0 Å². The predicted octanol–water partition coefficient (Wildman–Crippen LogP) is 4.85. The molecule has 0 aliphatic heterocycles. The van der Waals surface area contributed by atoms with Gasteiger partial charge in [0.05, 0.1) is 24.7 Å². The van der Waals surface area contributed by atoms with Crippen LogP contribution in [0.5, 0.6) is 11.5 Å². The fraction of sp³-hybridized carbons (Fsp3) is 0.217. The molecule has 150 valence electrons. The van der Waals surface area contributed by atoms with Crippen molar-refractivity contribution in [1.82, 2.24) is 0 Å². The molecule has 6 nitrogen and oxygen atoms in total. The van der Waals surface area contributed by atoms with E-state index >= 15 is 0 Å². The van der Waals surface area contributed by atoms with Crippen LogP contribution < -0.4 is 14.9 Å². The van der Waals surface area contributed by atoms with Crippen LogP contribution in [-0.2, 0) is 0 Å². The van der Waals surface area contributed by atoms with Crippen molar-refractivity contribution in [3.05, 3.63) is 69.6 Å². The fourth-order valence-corrected chi connectivity index (χ4v) is 2.81. The molecule has 0 saturated carbocycles. The van der Waals surface area contributed by atoms with E-state index in [1.807, 2.05) is 31.2 Å². The van der Waals surface area contributed by atoms with Crippen LogP contribution in [0, 0.1) is 0 Å². The van der Waals surface area contributed by atoms with Gasteiger partial charge in [-0.15, -0.1) is 0 Å². The van der Waals surface area contributed by atoms with Crippen LogP contribution in [-0.4, -0.2) is 24.8 Å². The van der Waals surface area contributed by atoms with Crippen LogP contribution in [0.1, 0.15) is 41.4 Å². The molecule has 6 heteroatoms. The third-order valence-corrected chi connectivity index (χ3v) is 4.39. The lowest BCUT2D eigenvalue weighted by Gasteiger charge is -2.09. The summed E-state index contributed by atoms with van der Waals surface area (Å²) in [6.07, 6.45) is 5.16. The van der Waals surface area contributed by atoms with Crippen LogP contribution in [0.2, 0.25) is 0 Å². The number of hydrogen-bond donors (Lipinski definition) is 1. The quantitative estimate of drug-likeness (QED) is 0.550. The highest BCUT2D eigenvalue weighted by Crippen LogP contribution is 2.25. The number of methoxy groups -OCH3 is 1. The molecule has 1 N–H and O–H groups in total. The van der Waals surface area contributed by atoms with Crippen molar-refractivity contribution in [2.24, 2.45) is 0 Å². The van der Waals surface area contributed by atoms with Gasteiger partial charge in [0.1, 0.15) is 11.3 Å². The number of fused-ring (bicyclic) bond motifs is 1. The van der Waals surface area contributed by atoms with Gasteiger partial charge in [-0.25, -0.2) is 4.79 Å². The number of carboxylic acid groups (broad SMARTS) is 1. The third-order valence-electron chi connectivity index (χ3n) is 4.39. The predicted molar refractivity (Wildman–Crippen MR) is 112 cm³/mol. The van der Waals surface area contributed by atoms with E-state index in [9.17, 15) is 14.7 Å². The van der Waals surface area contributed by atoms with Gasteiger partial charge in [-0.3, -0.25) is 4.79 Å². The first kappa shape index (κ1) is 20.2. The third kappa shape index (κ3) is 4.66. The Balaban J connectivity index is 2.09. The summed E-state index contributed by atoms with van der Waals surface area (Å²) in [6.45, 7) is 2.39. The van der Waals surface area contributed by atoms with E-state index in [4.69, 9.17) is 13.9 Å². The number of carbonyl (C=O) groups is 1. The van der Waals surface area contributed by atoms with E-state index in [2.05, 4.69) is 0 Å². The second kappa shape index (κ2) is 9.10. The maximum Gasteiger partial charge on any atom is 0.335 e. The number of unbranched alkanes of at least 4 members (excludes halogenated alkanes) is 1. The molecule has 3 aromatic rings. The lowest BCUT2D eigenvalue weighted by atomic mass is 10.1. The lowest BCUT2D eigenvalue weighted by molar-refractivity contribution is 0.0697. The van der Waals surface area contributed by atoms with Crippen molar-refractivity contribution < 1.29 is 23.8 Å². The lowest BCUT2D eigenvalue weighted by Crippen LogP contribution is -2.12. The molecule has 0 fully saturated rings. The van der Waals surface area contributed by atoms with Gasteiger partial charge in [0.15, 0.2) is 5.76 Å². The maximum atomic E-state index is 13.0. The Morgan fingerprint density at radius 1 is 1.17 bits per heavy atom. The highest BCUT2D eigenvalue weighted by molar-refractivity contribution is 5.93. The van der Waals surface area contributed by atoms with E-state index in [1.165, 1.54) is 18.2 Å². The van der Waals surface area contributed by atoms with Gasteiger partial charge in [0.25, 0.3) is 0 Å². The van der Waals surface area contributed by atoms with Gasteiger partial charge in [-0.1, -0.05) is 31.6 Å². The van der Waals surface area contributed by atoms with Crippen molar-refractivity contribution in [3.8, 4) is 11.5 Å². The van der Waals surface area contributed by atoms with Crippen molar-refractivity contribution in [3.63, 3.8) is 0 Å². The normalized spacial score (nSPS) is 11.1. The number of ether oxygens (including phenoxy) is 2. The number of aromatic carboxylic acids is 1. The van der Waals surface area contributed by atoms with Gasteiger partial charge in [-0.2, -0.15) is 0 Å². The first-order chi connectivity index (χ1) is 14.0. The van der Waals surface area contributed by atoms with E-state index in [1.54, 1.807) is 19.3 Å². The maximum absolute atomic E-state index is 13.0. The van der Waals surface area contributed by atoms with E-state index < -0.39 is 11.4 Å². The van der Waals surface area contributed by atoms with Gasteiger partial charge >= 0.3 is 5.97 Å². The Morgan fingerprint density at radius 2 is 2.00 bits per heavy atom. The summed E-state index contributed by atoms with van der Waals surface area (Å²) < 4.78 is 16.8. The van der Waals surface area contributed by atoms with Gasteiger partial charge in [0, 0.05) is 0 Å². The molecule has 1 aromatic heterocycles. The summed E-state index contributed by atoms with van der Waals surface area (Å²) in [5, 5.41) is 9.38.